The summed E-state index contributed by atoms with van der Waals surface area (Å²) in [5.41, 5.74) is 1.71. The maximum Gasteiger partial charge on any atom is 0.261 e. The van der Waals surface area contributed by atoms with Crippen LogP contribution >= 0.6 is 23.2 Å². The average Bonchev–Trinajstić information content (AvgIpc) is 2.97. The molecule has 3 rings (SSSR count). The van der Waals surface area contributed by atoms with Crippen molar-refractivity contribution in [1.82, 2.24) is 5.16 Å². The number of benzene rings is 2. The molecule has 0 spiro atoms. The molecule has 1 N–H and O–H groups in total. The van der Waals surface area contributed by atoms with Crippen molar-refractivity contribution in [2.24, 2.45) is 0 Å². The van der Waals surface area contributed by atoms with Crippen LogP contribution < -0.4 is 5.32 Å². The van der Waals surface area contributed by atoms with Crippen molar-refractivity contribution in [2.75, 3.05) is 5.32 Å². The van der Waals surface area contributed by atoms with Crippen LogP contribution in [0.2, 0.25) is 10.0 Å². The van der Waals surface area contributed by atoms with E-state index < -0.39 is 0 Å². The van der Waals surface area contributed by atoms with E-state index in [9.17, 15) is 4.79 Å². The highest BCUT2D eigenvalue weighted by molar-refractivity contribution is 6.39. The summed E-state index contributed by atoms with van der Waals surface area (Å²) < 4.78 is 4.94. The number of hydrogen-bond acceptors (Lipinski definition) is 3. The zero-order valence-electron chi connectivity index (χ0n) is 11.2. The number of rotatable bonds is 3. The molecule has 1 aromatic heterocycles. The number of para-hydroxylation sites is 1. The first-order valence-corrected chi connectivity index (χ1v) is 7.17. The fraction of sp³-hybridized carbons (Fsp3) is 0. The Morgan fingerprint density at radius 1 is 1.00 bits per heavy atom. The Balaban J connectivity index is 1.97. The van der Waals surface area contributed by atoms with Gasteiger partial charge in [-0.05, 0) is 24.3 Å². The molecule has 0 bridgehead atoms. The van der Waals surface area contributed by atoms with E-state index in [-0.39, 0.29) is 11.5 Å². The van der Waals surface area contributed by atoms with Gasteiger partial charge in [0.25, 0.3) is 5.91 Å². The molecule has 0 aliphatic rings. The maximum absolute atomic E-state index is 12.4. The van der Waals surface area contributed by atoms with Crippen LogP contribution in [0, 0.1) is 0 Å². The Bertz CT molecular complexity index is 796. The molecule has 2 aromatic carbocycles. The molecule has 22 heavy (non-hydrogen) atoms. The lowest BCUT2D eigenvalue weighted by Crippen LogP contribution is -2.12. The molecule has 110 valence electrons. The van der Waals surface area contributed by atoms with Gasteiger partial charge in [-0.3, -0.25) is 4.79 Å². The molecule has 0 fully saturated rings. The second-order valence-corrected chi connectivity index (χ2v) is 5.31. The van der Waals surface area contributed by atoms with Crippen molar-refractivity contribution in [3.8, 4) is 11.3 Å². The Morgan fingerprint density at radius 2 is 1.68 bits per heavy atom. The van der Waals surface area contributed by atoms with Gasteiger partial charge in [-0.2, -0.15) is 0 Å². The Labute approximate surface area is 136 Å². The molecule has 0 unspecified atom stereocenters. The number of amides is 1. The van der Waals surface area contributed by atoms with Crippen LogP contribution in [0.3, 0.4) is 0 Å². The van der Waals surface area contributed by atoms with Gasteiger partial charge in [0, 0.05) is 11.3 Å². The number of nitrogens with zero attached hydrogens (tertiary/aromatic N) is 1. The van der Waals surface area contributed by atoms with Crippen molar-refractivity contribution in [1.29, 1.82) is 0 Å². The quantitative estimate of drug-likeness (QED) is 0.742. The van der Waals surface area contributed by atoms with Crippen LogP contribution in [0.15, 0.2) is 59.3 Å². The van der Waals surface area contributed by atoms with Crippen LogP contribution in [0.25, 0.3) is 11.3 Å². The molecule has 0 atom stereocenters. The van der Waals surface area contributed by atoms with E-state index in [0.29, 0.717) is 27.0 Å². The number of anilines is 1. The van der Waals surface area contributed by atoms with Crippen molar-refractivity contribution < 1.29 is 9.32 Å². The van der Waals surface area contributed by atoms with Crippen LogP contribution in [0.5, 0.6) is 0 Å². The zero-order chi connectivity index (χ0) is 15.5. The van der Waals surface area contributed by atoms with E-state index >= 15 is 0 Å². The van der Waals surface area contributed by atoms with E-state index in [0.717, 1.165) is 0 Å². The van der Waals surface area contributed by atoms with Gasteiger partial charge >= 0.3 is 0 Å². The third-order valence-corrected chi connectivity index (χ3v) is 3.68. The summed E-state index contributed by atoms with van der Waals surface area (Å²) in [6, 6.07) is 14.2. The van der Waals surface area contributed by atoms with E-state index in [2.05, 4.69) is 10.5 Å². The predicted octanol–water partition coefficient (Wildman–Crippen LogP) is 4.90. The van der Waals surface area contributed by atoms with Crippen LogP contribution in [0.1, 0.15) is 10.4 Å². The summed E-state index contributed by atoms with van der Waals surface area (Å²) >= 11 is 12.3. The van der Waals surface area contributed by atoms with Crippen molar-refractivity contribution >= 4 is 34.8 Å². The Morgan fingerprint density at radius 3 is 2.36 bits per heavy atom. The Kier molecular flexibility index (Phi) is 4.13. The van der Waals surface area contributed by atoms with Gasteiger partial charge in [-0.25, -0.2) is 0 Å². The third kappa shape index (κ3) is 2.84. The molecule has 0 aliphatic heterocycles. The minimum Gasteiger partial charge on any atom is -0.363 e. The van der Waals surface area contributed by atoms with E-state index in [1.54, 1.807) is 30.3 Å². The van der Waals surface area contributed by atoms with Gasteiger partial charge in [0.2, 0.25) is 0 Å². The van der Waals surface area contributed by atoms with Crippen molar-refractivity contribution in [3.05, 3.63) is 70.4 Å². The molecule has 1 heterocycles. The van der Waals surface area contributed by atoms with Crippen LogP contribution in [-0.2, 0) is 0 Å². The van der Waals surface area contributed by atoms with Gasteiger partial charge in [-0.1, -0.05) is 52.6 Å². The highest BCUT2D eigenvalue weighted by atomic mass is 35.5. The summed E-state index contributed by atoms with van der Waals surface area (Å²) in [5, 5.41) is 7.43. The number of nitrogens with one attached hydrogen (secondary N) is 1. The molecule has 6 heteroatoms. The zero-order valence-corrected chi connectivity index (χ0v) is 12.7. The van der Waals surface area contributed by atoms with E-state index in [1.807, 2.05) is 18.2 Å². The number of halogens is 2. The molecule has 4 nitrogen and oxygen atoms in total. The molecule has 0 saturated carbocycles. The minimum absolute atomic E-state index is 0.263. The first-order chi connectivity index (χ1) is 10.7. The largest absolute Gasteiger partial charge is 0.363 e. The monoisotopic (exact) mass is 332 g/mol. The molecule has 0 radical (unpaired) electrons. The summed E-state index contributed by atoms with van der Waals surface area (Å²) in [5.74, 6) is -0.349. The molecule has 0 aliphatic carbocycles. The van der Waals surface area contributed by atoms with Crippen molar-refractivity contribution in [2.45, 2.75) is 0 Å². The van der Waals surface area contributed by atoms with Gasteiger partial charge in [0.1, 0.15) is 17.5 Å². The summed E-state index contributed by atoms with van der Waals surface area (Å²) in [6.07, 6.45) is 1.27. The van der Waals surface area contributed by atoms with Crippen LogP contribution in [0.4, 0.5) is 5.69 Å². The highest BCUT2D eigenvalue weighted by Gasteiger charge is 2.21. The summed E-state index contributed by atoms with van der Waals surface area (Å²) in [6.45, 7) is 0. The summed E-state index contributed by atoms with van der Waals surface area (Å²) in [7, 11) is 0. The fourth-order valence-corrected chi connectivity index (χ4v) is 2.60. The Hall–Kier alpha value is -2.30. The molecule has 1 amide bonds. The topological polar surface area (TPSA) is 55.1 Å². The third-order valence-electron chi connectivity index (χ3n) is 3.05. The van der Waals surface area contributed by atoms with E-state index in [1.165, 1.54) is 6.26 Å². The number of hydrogen-bond donors (Lipinski definition) is 1. The average molecular weight is 333 g/mol. The summed E-state index contributed by atoms with van der Waals surface area (Å²) in [4.78, 5) is 12.4. The first kappa shape index (κ1) is 14.6. The number of carbonyl (C=O) groups is 1. The lowest BCUT2D eigenvalue weighted by atomic mass is 10.1. The van der Waals surface area contributed by atoms with Gasteiger partial charge < -0.3 is 9.84 Å². The lowest BCUT2D eigenvalue weighted by Gasteiger charge is -2.07. The molecular weight excluding hydrogens is 323 g/mol. The molecule has 0 saturated heterocycles. The molecule has 3 aromatic rings. The standard InChI is InChI=1S/C16H10Cl2N2O2/c17-12-7-4-8-13(18)14(12)15-11(9-22-20-15)16(21)19-10-5-2-1-3-6-10/h1-9H,(H,19,21). The first-order valence-electron chi connectivity index (χ1n) is 6.42. The highest BCUT2D eigenvalue weighted by Crippen LogP contribution is 2.35. The van der Waals surface area contributed by atoms with Crippen molar-refractivity contribution in [3.63, 3.8) is 0 Å². The lowest BCUT2D eigenvalue weighted by molar-refractivity contribution is 0.102. The second-order valence-electron chi connectivity index (χ2n) is 4.49. The SMILES string of the molecule is O=C(Nc1ccccc1)c1conc1-c1c(Cl)cccc1Cl. The second kappa shape index (κ2) is 6.22. The van der Waals surface area contributed by atoms with Crippen LogP contribution in [-0.4, -0.2) is 11.1 Å². The fourth-order valence-electron chi connectivity index (χ4n) is 2.02. The smallest absolute Gasteiger partial charge is 0.261 e. The normalized spacial score (nSPS) is 10.5. The maximum atomic E-state index is 12.4. The molecular formula is C16H10Cl2N2O2. The predicted molar refractivity (Wildman–Crippen MR) is 86.4 cm³/mol. The van der Waals surface area contributed by atoms with Gasteiger partial charge in [-0.15, -0.1) is 0 Å². The number of aromatic nitrogens is 1. The van der Waals surface area contributed by atoms with Gasteiger partial charge in [0.15, 0.2) is 0 Å². The minimum atomic E-state index is -0.349. The number of carbonyl (C=O) groups excluding carboxylic acids is 1. The van der Waals surface area contributed by atoms with E-state index in [4.69, 9.17) is 27.7 Å². The van der Waals surface area contributed by atoms with Gasteiger partial charge in [0.05, 0.1) is 10.0 Å².